The number of aromatic hydroxyl groups is 1. The van der Waals surface area contributed by atoms with Crippen LogP contribution in [0.3, 0.4) is 0 Å². The monoisotopic (exact) mass is 438 g/mol. The van der Waals surface area contributed by atoms with Gasteiger partial charge in [-0.2, -0.15) is 4.39 Å². The van der Waals surface area contributed by atoms with Gasteiger partial charge in [0.05, 0.1) is 0 Å². The average molecular weight is 439 g/mol. The highest BCUT2D eigenvalue weighted by atomic mass is 19.2. The fraction of sp³-hybridized carbons (Fsp3) is 0.385. The van der Waals surface area contributed by atoms with Crippen LogP contribution in [0.1, 0.15) is 74.3 Å². The summed E-state index contributed by atoms with van der Waals surface area (Å²) in [5.41, 5.74) is 0.759. The van der Waals surface area contributed by atoms with Crippen LogP contribution in [-0.4, -0.2) is 5.11 Å². The number of phenols is 1. The second-order valence-electron chi connectivity index (χ2n) is 6.19. The highest BCUT2D eigenvalue weighted by Crippen LogP contribution is 2.32. The Bertz CT molecular complexity index is 903. The van der Waals surface area contributed by atoms with Crippen molar-refractivity contribution in [3.63, 3.8) is 0 Å². The predicted molar refractivity (Wildman–Crippen MR) is 124 cm³/mol. The molecule has 1 aromatic carbocycles. The third-order valence-corrected chi connectivity index (χ3v) is 3.68. The van der Waals surface area contributed by atoms with E-state index in [0.717, 1.165) is 24.6 Å². The molecule has 0 saturated heterocycles. The van der Waals surface area contributed by atoms with E-state index < -0.39 is 40.2 Å². The van der Waals surface area contributed by atoms with Crippen molar-refractivity contribution >= 4 is 5.57 Å². The average Bonchev–Trinajstić information content (AvgIpc) is 2.78. The normalized spacial score (nSPS) is 12.0. The van der Waals surface area contributed by atoms with E-state index in [9.17, 15) is 17.6 Å². The van der Waals surface area contributed by atoms with Gasteiger partial charge >= 0.3 is 0 Å². The molecule has 0 saturated carbocycles. The lowest BCUT2D eigenvalue weighted by Crippen LogP contribution is -1.96. The first-order chi connectivity index (χ1) is 14.6. The van der Waals surface area contributed by atoms with E-state index in [1.807, 2.05) is 47.6 Å². The van der Waals surface area contributed by atoms with Crippen molar-refractivity contribution in [1.29, 1.82) is 0 Å². The van der Waals surface area contributed by atoms with Gasteiger partial charge < -0.3 is 5.11 Å². The van der Waals surface area contributed by atoms with E-state index in [0.29, 0.717) is 5.57 Å². The first-order valence-corrected chi connectivity index (χ1v) is 10.4. The molecular formula is C26H34F4O. The summed E-state index contributed by atoms with van der Waals surface area (Å²) in [6.07, 6.45) is 3.74. The van der Waals surface area contributed by atoms with Crippen molar-refractivity contribution in [2.75, 3.05) is 0 Å². The summed E-state index contributed by atoms with van der Waals surface area (Å²) < 4.78 is 56.4. The summed E-state index contributed by atoms with van der Waals surface area (Å²) >= 11 is 0. The van der Waals surface area contributed by atoms with Gasteiger partial charge in [0.15, 0.2) is 23.2 Å². The van der Waals surface area contributed by atoms with Crippen LogP contribution in [0.2, 0.25) is 0 Å². The third kappa shape index (κ3) is 9.74. The van der Waals surface area contributed by atoms with Gasteiger partial charge in [0.2, 0.25) is 5.82 Å². The van der Waals surface area contributed by atoms with Crippen LogP contribution in [0.5, 0.6) is 5.75 Å². The molecule has 5 heteroatoms. The van der Waals surface area contributed by atoms with Gasteiger partial charge in [-0.15, -0.1) is 0 Å². The van der Waals surface area contributed by atoms with E-state index in [1.54, 1.807) is 19.9 Å². The highest BCUT2D eigenvalue weighted by Gasteiger charge is 2.19. The summed E-state index contributed by atoms with van der Waals surface area (Å²) in [7, 11) is 0. The molecule has 1 nitrogen and oxygen atoms in total. The maximum atomic E-state index is 14.5. The number of benzene rings is 1. The number of hydrogen-bond donors (Lipinski definition) is 1. The van der Waals surface area contributed by atoms with Crippen LogP contribution in [-0.2, 0) is 0 Å². The molecule has 0 aliphatic heterocycles. The second kappa shape index (κ2) is 16.0. The number of halogens is 4. The van der Waals surface area contributed by atoms with Crippen molar-refractivity contribution < 1.29 is 22.7 Å². The summed E-state index contributed by atoms with van der Waals surface area (Å²) in [6, 6.07) is 1.86. The van der Waals surface area contributed by atoms with Crippen LogP contribution < -0.4 is 0 Å². The molecule has 0 fully saturated rings. The molecular weight excluding hydrogens is 404 g/mol. The lowest BCUT2D eigenvalue weighted by atomic mass is 10.0. The minimum atomic E-state index is -1.51. The van der Waals surface area contributed by atoms with Crippen LogP contribution in [0.4, 0.5) is 17.6 Å². The van der Waals surface area contributed by atoms with Crippen molar-refractivity contribution in [2.45, 2.75) is 68.7 Å². The van der Waals surface area contributed by atoms with E-state index >= 15 is 0 Å². The first kappa shape index (κ1) is 30.5. The maximum absolute atomic E-state index is 14.5. The zero-order chi connectivity index (χ0) is 24.7. The summed E-state index contributed by atoms with van der Waals surface area (Å²) in [6.45, 7) is 16.3. The number of hydrogen-bond acceptors (Lipinski definition) is 1. The Morgan fingerprint density at radius 3 is 1.90 bits per heavy atom. The quantitative estimate of drug-likeness (QED) is 0.282. The molecule has 1 N–H and O–H groups in total. The Morgan fingerprint density at radius 1 is 0.871 bits per heavy atom. The fourth-order valence-corrected chi connectivity index (χ4v) is 2.05. The fourth-order valence-electron chi connectivity index (χ4n) is 2.05. The van der Waals surface area contributed by atoms with Gasteiger partial charge in [-0.05, 0) is 57.4 Å². The summed E-state index contributed by atoms with van der Waals surface area (Å²) in [4.78, 5) is 0. The summed E-state index contributed by atoms with van der Waals surface area (Å²) in [5, 5.41) is 9.14. The van der Waals surface area contributed by atoms with Gasteiger partial charge in [-0.25, -0.2) is 13.2 Å². The molecule has 0 bridgehead atoms. The van der Waals surface area contributed by atoms with Crippen molar-refractivity contribution in [3.05, 3.63) is 69.9 Å². The van der Waals surface area contributed by atoms with Crippen LogP contribution >= 0.6 is 0 Å². The lowest BCUT2D eigenvalue weighted by Gasteiger charge is -2.08. The third-order valence-electron chi connectivity index (χ3n) is 3.68. The molecule has 0 spiro atoms. The number of allylic oxidation sites excluding steroid dienone is 8. The Morgan fingerprint density at radius 2 is 1.42 bits per heavy atom. The van der Waals surface area contributed by atoms with Gasteiger partial charge in [0, 0.05) is 11.1 Å². The van der Waals surface area contributed by atoms with Crippen molar-refractivity contribution in [2.24, 2.45) is 0 Å². The number of rotatable bonds is 4. The Kier molecular flexibility index (Phi) is 15.7. The topological polar surface area (TPSA) is 20.2 Å². The van der Waals surface area contributed by atoms with Gasteiger partial charge in [-0.3, -0.25) is 0 Å². The van der Waals surface area contributed by atoms with E-state index in [4.69, 9.17) is 5.11 Å². The molecule has 0 aromatic heterocycles. The highest BCUT2D eigenvalue weighted by molar-refractivity contribution is 5.70. The predicted octanol–water partition coefficient (Wildman–Crippen LogP) is 8.97. The zero-order valence-corrected chi connectivity index (χ0v) is 20.0. The maximum Gasteiger partial charge on any atom is 0.200 e. The SMILES string of the molecule is CC.CC.CC/C(C#C/C(C)=C/C=C(C)C)=C(F)\C(F)=C(/C)c1ccc(O)c(F)c1F. The molecule has 0 amide bonds. The molecule has 0 aliphatic carbocycles. The van der Waals surface area contributed by atoms with Crippen LogP contribution in [0, 0.1) is 23.5 Å². The molecule has 1 aromatic rings. The molecule has 0 heterocycles. The molecule has 0 aliphatic rings. The van der Waals surface area contributed by atoms with Gasteiger partial charge in [0.1, 0.15) is 0 Å². The minimum Gasteiger partial charge on any atom is -0.505 e. The van der Waals surface area contributed by atoms with E-state index in [1.165, 1.54) is 0 Å². The lowest BCUT2D eigenvalue weighted by molar-refractivity contribution is 0.406. The van der Waals surface area contributed by atoms with Crippen LogP contribution in [0.15, 0.2) is 52.7 Å². The van der Waals surface area contributed by atoms with E-state index in [-0.39, 0.29) is 12.0 Å². The molecule has 0 unspecified atom stereocenters. The second-order valence-corrected chi connectivity index (χ2v) is 6.19. The Hall–Kier alpha value is -2.74. The molecule has 1 rings (SSSR count). The van der Waals surface area contributed by atoms with Crippen LogP contribution in [0.25, 0.3) is 5.57 Å². The molecule has 31 heavy (non-hydrogen) atoms. The largest absolute Gasteiger partial charge is 0.505 e. The van der Waals surface area contributed by atoms with E-state index in [2.05, 4.69) is 11.8 Å². The zero-order valence-electron chi connectivity index (χ0n) is 20.0. The van der Waals surface area contributed by atoms with Gasteiger partial charge in [0.25, 0.3) is 0 Å². The summed E-state index contributed by atoms with van der Waals surface area (Å²) in [5.74, 6) is -1.07. The molecule has 172 valence electrons. The first-order valence-electron chi connectivity index (χ1n) is 10.4. The minimum absolute atomic E-state index is 0.0866. The Labute approximate surface area is 184 Å². The van der Waals surface area contributed by atoms with Crippen molar-refractivity contribution in [1.82, 2.24) is 0 Å². The molecule has 0 atom stereocenters. The van der Waals surface area contributed by atoms with Crippen molar-refractivity contribution in [3.8, 4) is 17.6 Å². The Balaban J connectivity index is 0. The smallest absolute Gasteiger partial charge is 0.200 e. The van der Waals surface area contributed by atoms with Gasteiger partial charge in [-0.1, -0.05) is 64.2 Å². The number of phenolic OH excluding ortho intramolecular Hbond substituents is 1. The molecule has 0 radical (unpaired) electrons. The standard InChI is InChI=1S/C22H22F4O.2C2H6/c1-6-16(10-9-14(4)8-7-13(2)3)20(24)19(23)15(5)17-11-12-18(27)22(26)21(17)25;2*1-2/h7-8,11-12,27H,6H2,1-5H3;2*1-2H3/b14-8+,19-15-,20-16-;;.